The van der Waals surface area contributed by atoms with Crippen molar-refractivity contribution in [3.63, 3.8) is 0 Å². The lowest BCUT2D eigenvalue weighted by Gasteiger charge is -2.07. The summed E-state index contributed by atoms with van der Waals surface area (Å²) in [6, 6.07) is 0. The van der Waals surface area contributed by atoms with Crippen molar-refractivity contribution in [2.45, 2.75) is 40.3 Å². The molecule has 0 radical (unpaired) electrons. The van der Waals surface area contributed by atoms with Gasteiger partial charge in [-0.05, 0) is 19.3 Å². The monoisotopic (exact) mass is 144 g/mol. The average Bonchev–Trinajstić information content (AvgIpc) is 1.87. The normalized spacial score (nSPS) is 16.0. The summed E-state index contributed by atoms with van der Waals surface area (Å²) in [5.41, 5.74) is 1.14. The van der Waals surface area contributed by atoms with E-state index in [1.54, 1.807) is 6.08 Å². The van der Waals surface area contributed by atoms with Crippen molar-refractivity contribution in [2.75, 3.05) is 0 Å². The molecule has 0 aliphatic heterocycles. The van der Waals surface area contributed by atoms with Gasteiger partial charge in [0.1, 0.15) is 6.17 Å². The Labute approximate surface area is 63.1 Å². The van der Waals surface area contributed by atoms with E-state index in [1.807, 2.05) is 27.7 Å². The Bertz CT molecular complexity index is 114. The summed E-state index contributed by atoms with van der Waals surface area (Å²) in [6.45, 7) is 7.79. The van der Waals surface area contributed by atoms with Gasteiger partial charge in [-0.25, -0.2) is 4.39 Å². The van der Waals surface area contributed by atoms with E-state index in [0.717, 1.165) is 12.0 Å². The molecule has 0 aromatic carbocycles. The lowest BCUT2D eigenvalue weighted by molar-refractivity contribution is 0.312. The summed E-state index contributed by atoms with van der Waals surface area (Å²) in [7, 11) is 0. The van der Waals surface area contributed by atoms with Gasteiger partial charge < -0.3 is 0 Å². The molecule has 0 saturated carbocycles. The Morgan fingerprint density at radius 2 is 2.00 bits per heavy atom. The second-order valence-corrected chi connectivity index (χ2v) is 3.06. The average molecular weight is 144 g/mol. The second kappa shape index (κ2) is 4.48. The van der Waals surface area contributed by atoms with Gasteiger partial charge in [0.05, 0.1) is 0 Å². The fourth-order valence-corrected chi connectivity index (χ4v) is 0.582. The van der Waals surface area contributed by atoms with E-state index in [0.29, 0.717) is 0 Å². The van der Waals surface area contributed by atoms with Crippen molar-refractivity contribution in [1.29, 1.82) is 0 Å². The molecule has 0 spiro atoms. The highest BCUT2D eigenvalue weighted by Crippen LogP contribution is 2.11. The standard InChI is InChI=1S/C9H17F/c1-5-8(4)6-9(10)7(2)3/h6-7,9H,5H2,1-4H3/b8-6-/t9-/m1/s1. The smallest absolute Gasteiger partial charge is 0.121 e. The van der Waals surface area contributed by atoms with Crippen LogP contribution < -0.4 is 0 Å². The predicted molar refractivity (Wildman–Crippen MR) is 43.8 cm³/mol. The van der Waals surface area contributed by atoms with Gasteiger partial charge in [0, 0.05) is 0 Å². The van der Waals surface area contributed by atoms with Crippen molar-refractivity contribution in [3.05, 3.63) is 11.6 Å². The number of allylic oxidation sites excluding steroid dienone is 2. The third kappa shape index (κ3) is 3.65. The highest BCUT2D eigenvalue weighted by atomic mass is 19.1. The predicted octanol–water partition coefficient (Wildman–Crippen LogP) is 3.34. The molecule has 0 rings (SSSR count). The van der Waals surface area contributed by atoms with Crippen molar-refractivity contribution in [3.8, 4) is 0 Å². The molecule has 0 aromatic heterocycles. The van der Waals surface area contributed by atoms with E-state index in [4.69, 9.17) is 0 Å². The summed E-state index contributed by atoms with van der Waals surface area (Å²) in [5, 5.41) is 0. The first-order valence-corrected chi connectivity index (χ1v) is 3.89. The van der Waals surface area contributed by atoms with E-state index < -0.39 is 6.17 Å². The van der Waals surface area contributed by atoms with Crippen molar-refractivity contribution >= 4 is 0 Å². The summed E-state index contributed by atoms with van der Waals surface area (Å²) < 4.78 is 12.9. The molecule has 0 heterocycles. The molecule has 1 atom stereocenters. The van der Waals surface area contributed by atoms with Crippen molar-refractivity contribution < 1.29 is 4.39 Å². The van der Waals surface area contributed by atoms with Crippen LogP contribution in [-0.2, 0) is 0 Å². The van der Waals surface area contributed by atoms with Crippen LogP contribution in [0.4, 0.5) is 4.39 Å². The van der Waals surface area contributed by atoms with Crippen LogP contribution in [0.15, 0.2) is 11.6 Å². The summed E-state index contributed by atoms with van der Waals surface area (Å²) >= 11 is 0. The maximum absolute atomic E-state index is 12.9. The molecule has 0 amide bonds. The number of hydrogen-bond donors (Lipinski definition) is 0. The largest absolute Gasteiger partial charge is 0.243 e. The third-order valence-corrected chi connectivity index (χ3v) is 1.64. The number of alkyl halides is 1. The van der Waals surface area contributed by atoms with Gasteiger partial charge in [-0.2, -0.15) is 0 Å². The van der Waals surface area contributed by atoms with Gasteiger partial charge in [-0.1, -0.05) is 32.4 Å². The molecule has 0 unspecified atom stereocenters. The van der Waals surface area contributed by atoms with E-state index in [9.17, 15) is 4.39 Å². The fourth-order valence-electron chi connectivity index (χ4n) is 0.582. The van der Waals surface area contributed by atoms with Gasteiger partial charge in [0.15, 0.2) is 0 Å². The van der Waals surface area contributed by atoms with Crippen LogP contribution in [0.2, 0.25) is 0 Å². The van der Waals surface area contributed by atoms with Gasteiger partial charge >= 0.3 is 0 Å². The van der Waals surface area contributed by atoms with Crippen LogP contribution in [0.5, 0.6) is 0 Å². The first kappa shape index (κ1) is 9.67. The Balaban J connectivity index is 3.86. The molecule has 0 nitrogen and oxygen atoms in total. The second-order valence-electron chi connectivity index (χ2n) is 3.06. The minimum Gasteiger partial charge on any atom is -0.243 e. The number of rotatable bonds is 3. The van der Waals surface area contributed by atoms with Crippen molar-refractivity contribution in [2.24, 2.45) is 5.92 Å². The molecule has 1 heteroatoms. The Morgan fingerprint density at radius 1 is 1.50 bits per heavy atom. The molecule has 0 aliphatic carbocycles. The first-order valence-electron chi connectivity index (χ1n) is 3.89. The highest BCUT2D eigenvalue weighted by Gasteiger charge is 2.06. The molecule has 10 heavy (non-hydrogen) atoms. The molecule has 0 saturated heterocycles. The minimum absolute atomic E-state index is 0.112. The zero-order chi connectivity index (χ0) is 8.15. The zero-order valence-electron chi connectivity index (χ0n) is 7.32. The van der Waals surface area contributed by atoms with Crippen LogP contribution in [-0.4, -0.2) is 6.17 Å². The number of halogens is 1. The van der Waals surface area contributed by atoms with E-state index in [1.165, 1.54) is 0 Å². The van der Waals surface area contributed by atoms with Gasteiger partial charge in [-0.15, -0.1) is 0 Å². The van der Waals surface area contributed by atoms with Gasteiger partial charge in [0.25, 0.3) is 0 Å². The maximum Gasteiger partial charge on any atom is 0.121 e. The van der Waals surface area contributed by atoms with Crippen LogP contribution >= 0.6 is 0 Å². The summed E-state index contributed by atoms with van der Waals surface area (Å²) in [4.78, 5) is 0. The third-order valence-electron chi connectivity index (χ3n) is 1.64. The lowest BCUT2D eigenvalue weighted by Crippen LogP contribution is -2.05. The molecule has 0 bridgehead atoms. The summed E-state index contributed by atoms with van der Waals surface area (Å²) in [5.74, 6) is 0.112. The molecular formula is C9H17F. The maximum atomic E-state index is 12.9. The van der Waals surface area contributed by atoms with Crippen molar-refractivity contribution in [1.82, 2.24) is 0 Å². The van der Waals surface area contributed by atoms with E-state index in [2.05, 4.69) is 0 Å². The summed E-state index contributed by atoms with van der Waals surface area (Å²) in [6.07, 6.45) is 1.90. The topological polar surface area (TPSA) is 0 Å². The first-order chi connectivity index (χ1) is 4.57. The van der Waals surface area contributed by atoms with E-state index in [-0.39, 0.29) is 5.92 Å². The Hall–Kier alpha value is -0.330. The highest BCUT2D eigenvalue weighted by molar-refractivity contribution is 5.01. The van der Waals surface area contributed by atoms with Crippen LogP contribution in [0.25, 0.3) is 0 Å². The Kier molecular flexibility index (Phi) is 4.33. The SMILES string of the molecule is CC/C(C)=C\[C@@H](F)C(C)C. The Morgan fingerprint density at radius 3 is 2.30 bits per heavy atom. The molecule has 60 valence electrons. The van der Waals surface area contributed by atoms with Gasteiger partial charge in [0.2, 0.25) is 0 Å². The molecule has 0 N–H and O–H groups in total. The molecule has 0 fully saturated rings. The quantitative estimate of drug-likeness (QED) is 0.533. The lowest BCUT2D eigenvalue weighted by atomic mass is 10.1. The van der Waals surface area contributed by atoms with Crippen LogP contribution in [0.1, 0.15) is 34.1 Å². The minimum atomic E-state index is -0.764. The molecule has 0 aliphatic rings. The number of hydrogen-bond acceptors (Lipinski definition) is 0. The van der Waals surface area contributed by atoms with E-state index >= 15 is 0 Å². The fraction of sp³-hybridized carbons (Fsp3) is 0.778. The van der Waals surface area contributed by atoms with Crippen LogP contribution in [0, 0.1) is 5.92 Å². The van der Waals surface area contributed by atoms with Gasteiger partial charge in [-0.3, -0.25) is 0 Å². The zero-order valence-corrected chi connectivity index (χ0v) is 7.32. The molecule has 0 aromatic rings. The molecular weight excluding hydrogens is 127 g/mol. The van der Waals surface area contributed by atoms with Crippen LogP contribution in [0.3, 0.4) is 0 Å².